The second-order valence-electron chi connectivity index (χ2n) is 4.70. The van der Waals surface area contributed by atoms with Crippen LogP contribution in [-0.4, -0.2) is 32.9 Å². The average molecular weight is 315 g/mol. The van der Waals surface area contributed by atoms with Crippen LogP contribution in [0.1, 0.15) is 15.9 Å². The lowest BCUT2D eigenvalue weighted by Gasteiger charge is -2.14. The minimum atomic E-state index is -1.29. The van der Waals surface area contributed by atoms with E-state index in [0.717, 1.165) is 0 Å². The van der Waals surface area contributed by atoms with E-state index in [0.29, 0.717) is 0 Å². The van der Waals surface area contributed by atoms with Crippen molar-refractivity contribution in [3.05, 3.63) is 70.0 Å². The number of benzene rings is 1. The summed E-state index contributed by atoms with van der Waals surface area (Å²) in [5.41, 5.74) is 0.257. The number of aliphatic carboxylic acids is 1. The number of para-hydroxylation sites is 1. The summed E-state index contributed by atoms with van der Waals surface area (Å²) in [7, 11) is 0. The van der Waals surface area contributed by atoms with E-state index in [9.17, 15) is 24.8 Å². The van der Waals surface area contributed by atoms with Crippen molar-refractivity contribution in [2.45, 2.75) is 12.5 Å². The summed E-state index contributed by atoms with van der Waals surface area (Å²) >= 11 is 0. The number of carboxylic acid groups (broad SMARTS) is 1. The highest BCUT2D eigenvalue weighted by atomic mass is 16.6. The van der Waals surface area contributed by atoms with Gasteiger partial charge in [0.1, 0.15) is 6.04 Å². The van der Waals surface area contributed by atoms with Gasteiger partial charge in [-0.05, 0) is 12.1 Å². The maximum atomic E-state index is 12.0. The summed E-state index contributed by atoms with van der Waals surface area (Å²) in [6.07, 6.45) is 2.59. The largest absolute Gasteiger partial charge is 0.480 e. The van der Waals surface area contributed by atoms with Crippen molar-refractivity contribution in [1.82, 2.24) is 10.3 Å². The molecule has 0 aliphatic rings. The molecule has 2 rings (SSSR count). The lowest BCUT2D eigenvalue weighted by atomic mass is 10.0. The highest BCUT2D eigenvalue weighted by Crippen LogP contribution is 2.19. The Hall–Kier alpha value is -3.29. The minimum Gasteiger partial charge on any atom is -0.480 e. The van der Waals surface area contributed by atoms with E-state index in [1.54, 1.807) is 12.1 Å². The first-order chi connectivity index (χ1) is 11.0. The molecule has 1 aromatic carbocycles. The molecule has 2 aromatic rings. The first-order valence-corrected chi connectivity index (χ1v) is 6.65. The molecular formula is C15H13N3O5. The molecule has 0 saturated heterocycles. The molecule has 0 fully saturated rings. The standard InChI is InChI=1S/C15H13N3O5/c19-14(11-5-3-7-16-9-11)17-12(15(20)21)8-10-4-1-2-6-13(10)18(22)23/h1-7,9,12H,8H2,(H,17,19)(H,20,21)/t12-/m0/s1. The van der Waals surface area contributed by atoms with Crippen LogP contribution in [0.4, 0.5) is 5.69 Å². The van der Waals surface area contributed by atoms with Crippen LogP contribution in [0.5, 0.6) is 0 Å². The topological polar surface area (TPSA) is 122 Å². The van der Waals surface area contributed by atoms with Crippen molar-refractivity contribution in [3.63, 3.8) is 0 Å². The van der Waals surface area contributed by atoms with E-state index in [-0.39, 0.29) is 23.2 Å². The number of carboxylic acids is 1. The second-order valence-corrected chi connectivity index (χ2v) is 4.70. The highest BCUT2D eigenvalue weighted by molar-refractivity contribution is 5.96. The Balaban J connectivity index is 2.19. The average Bonchev–Trinajstić information content (AvgIpc) is 2.55. The molecule has 0 aliphatic carbocycles. The number of aromatic nitrogens is 1. The lowest BCUT2D eigenvalue weighted by Crippen LogP contribution is -2.42. The smallest absolute Gasteiger partial charge is 0.326 e. The van der Waals surface area contributed by atoms with E-state index in [4.69, 9.17) is 0 Å². The zero-order chi connectivity index (χ0) is 16.8. The van der Waals surface area contributed by atoms with Crippen molar-refractivity contribution in [1.29, 1.82) is 0 Å². The Morgan fingerprint density at radius 2 is 2.00 bits per heavy atom. The molecule has 1 aromatic heterocycles. The predicted molar refractivity (Wildman–Crippen MR) is 79.9 cm³/mol. The predicted octanol–water partition coefficient (Wildman–Crippen LogP) is 1.42. The van der Waals surface area contributed by atoms with E-state index in [2.05, 4.69) is 10.3 Å². The summed E-state index contributed by atoms with van der Waals surface area (Å²) in [6, 6.07) is 7.57. The number of nitro benzene ring substituents is 1. The Morgan fingerprint density at radius 1 is 1.26 bits per heavy atom. The number of carbonyl (C=O) groups excluding carboxylic acids is 1. The summed E-state index contributed by atoms with van der Waals surface area (Å²) < 4.78 is 0. The molecule has 2 N–H and O–H groups in total. The molecule has 23 heavy (non-hydrogen) atoms. The third-order valence-electron chi connectivity index (χ3n) is 3.14. The van der Waals surface area contributed by atoms with Gasteiger partial charge in [-0.3, -0.25) is 19.9 Å². The van der Waals surface area contributed by atoms with Crippen LogP contribution in [-0.2, 0) is 11.2 Å². The normalized spacial score (nSPS) is 11.5. The third kappa shape index (κ3) is 4.10. The molecule has 1 atom stereocenters. The molecule has 0 bridgehead atoms. The quantitative estimate of drug-likeness (QED) is 0.614. The van der Waals surface area contributed by atoms with Gasteiger partial charge in [0, 0.05) is 30.4 Å². The van der Waals surface area contributed by atoms with Crippen LogP contribution in [0, 0.1) is 10.1 Å². The minimum absolute atomic E-state index is 0.186. The fraction of sp³-hybridized carbons (Fsp3) is 0.133. The van der Waals surface area contributed by atoms with Crippen LogP contribution in [0.2, 0.25) is 0 Å². The number of carbonyl (C=O) groups is 2. The molecule has 0 aliphatic heterocycles. The molecule has 1 amide bonds. The number of nitrogens with zero attached hydrogens (tertiary/aromatic N) is 2. The summed E-state index contributed by atoms with van der Waals surface area (Å²) in [4.78, 5) is 37.5. The van der Waals surface area contributed by atoms with Gasteiger partial charge in [-0.25, -0.2) is 4.79 Å². The maximum absolute atomic E-state index is 12.0. The van der Waals surface area contributed by atoms with Crippen molar-refractivity contribution >= 4 is 17.6 Å². The molecular weight excluding hydrogens is 302 g/mol. The van der Waals surface area contributed by atoms with Gasteiger partial charge in [-0.2, -0.15) is 0 Å². The van der Waals surface area contributed by atoms with Gasteiger partial charge in [0.05, 0.1) is 10.5 Å². The molecule has 118 valence electrons. The Morgan fingerprint density at radius 3 is 2.61 bits per heavy atom. The first kappa shape index (κ1) is 16.1. The molecule has 8 nitrogen and oxygen atoms in total. The summed E-state index contributed by atoms with van der Waals surface area (Å²) in [6.45, 7) is 0. The molecule has 0 unspecified atom stereocenters. The van der Waals surface area contributed by atoms with Crippen LogP contribution in [0.15, 0.2) is 48.8 Å². The van der Waals surface area contributed by atoms with Crippen molar-refractivity contribution in [3.8, 4) is 0 Å². The van der Waals surface area contributed by atoms with Gasteiger partial charge in [-0.1, -0.05) is 18.2 Å². The Bertz CT molecular complexity index is 733. The number of nitro groups is 1. The first-order valence-electron chi connectivity index (χ1n) is 6.65. The Kier molecular flexibility index (Phi) is 4.98. The zero-order valence-corrected chi connectivity index (χ0v) is 11.9. The van der Waals surface area contributed by atoms with E-state index in [1.165, 1.54) is 36.7 Å². The van der Waals surface area contributed by atoms with Crippen molar-refractivity contribution in [2.75, 3.05) is 0 Å². The number of rotatable bonds is 6. The number of nitrogens with one attached hydrogen (secondary N) is 1. The van der Waals surface area contributed by atoms with Crippen molar-refractivity contribution in [2.24, 2.45) is 0 Å². The van der Waals surface area contributed by atoms with Crippen molar-refractivity contribution < 1.29 is 19.6 Å². The number of hydrogen-bond donors (Lipinski definition) is 2. The van der Waals surface area contributed by atoms with Crippen LogP contribution in [0.3, 0.4) is 0 Å². The maximum Gasteiger partial charge on any atom is 0.326 e. The summed E-state index contributed by atoms with van der Waals surface area (Å²) in [5, 5.41) is 22.6. The van der Waals surface area contributed by atoms with Crippen LogP contribution >= 0.6 is 0 Å². The van der Waals surface area contributed by atoms with Crippen LogP contribution < -0.4 is 5.32 Å². The number of pyridine rings is 1. The monoisotopic (exact) mass is 315 g/mol. The van der Waals surface area contributed by atoms with Gasteiger partial charge >= 0.3 is 5.97 Å². The van der Waals surface area contributed by atoms with Crippen LogP contribution in [0.25, 0.3) is 0 Å². The van der Waals surface area contributed by atoms with Gasteiger partial charge in [0.2, 0.25) is 0 Å². The Labute approximate surface area is 130 Å². The van der Waals surface area contributed by atoms with E-state index >= 15 is 0 Å². The summed E-state index contributed by atoms with van der Waals surface area (Å²) in [5.74, 6) is -1.88. The molecule has 0 saturated carbocycles. The lowest BCUT2D eigenvalue weighted by molar-refractivity contribution is -0.385. The van der Waals surface area contributed by atoms with E-state index < -0.39 is 22.8 Å². The SMILES string of the molecule is O=C(N[C@@H](Cc1ccccc1[N+](=O)[O-])C(=O)O)c1cccnc1. The van der Waals surface area contributed by atoms with Gasteiger partial charge in [-0.15, -0.1) is 0 Å². The van der Waals surface area contributed by atoms with Gasteiger partial charge in [0.15, 0.2) is 0 Å². The van der Waals surface area contributed by atoms with E-state index in [1.807, 2.05) is 0 Å². The molecule has 8 heteroatoms. The molecule has 0 radical (unpaired) electrons. The third-order valence-corrected chi connectivity index (χ3v) is 3.14. The number of amides is 1. The zero-order valence-electron chi connectivity index (χ0n) is 11.9. The van der Waals surface area contributed by atoms with Gasteiger partial charge in [0.25, 0.3) is 11.6 Å². The fourth-order valence-electron chi connectivity index (χ4n) is 2.02. The second kappa shape index (κ2) is 7.12. The molecule has 0 spiro atoms. The fourth-order valence-corrected chi connectivity index (χ4v) is 2.02. The van der Waals surface area contributed by atoms with Gasteiger partial charge < -0.3 is 10.4 Å². The molecule has 1 heterocycles. The highest BCUT2D eigenvalue weighted by Gasteiger charge is 2.24. The number of hydrogen-bond acceptors (Lipinski definition) is 5.